The third-order valence-corrected chi connectivity index (χ3v) is 3.77. The molecule has 1 fully saturated rings. The van der Waals surface area contributed by atoms with Crippen molar-refractivity contribution < 1.29 is 13.2 Å². The minimum atomic E-state index is -1.57. The molecule has 5 heteroatoms. The van der Waals surface area contributed by atoms with E-state index < -0.39 is 23.4 Å². The molecule has 1 aliphatic heterocycles. The SMILES string of the molecule is Fc1ccc(Br)c(F)c1C(F)C1CCNCC1. The third-order valence-electron chi connectivity index (χ3n) is 3.15. The number of piperidine rings is 1. The van der Waals surface area contributed by atoms with Crippen LogP contribution >= 0.6 is 15.9 Å². The lowest BCUT2D eigenvalue weighted by molar-refractivity contribution is 0.180. The molecule has 0 amide bonds. The van der Waals surface area contributed by atoms with Gasteiger partial charge in [0.1, 0.15) is 17.8 Å². The number of rotatable bonds is 2. The molecule has 0 aromatic heterocycles. The van der Waals surface area contributed by atoms with Crippen molar-refractivity contribution in [3.63, 3.8) is 0 Å². The number of halogens is 4. The van der Waals surface area contributed by atoms with E-state index in [0.717, 1.165) is 6.07 Å². The second-order valence-electron chi connectivity index (χ2n) is 4.25. The van der Waals surface area contributed by atoms with Crippen LogP contribution in [0.3, 0.4) is 0 Å². The molecular weight excluding hydrogens is 295 g/mol. The molecule has 0 spiro atoms. The van der Waals surface area contributed by atoms with Gasteiger partial charge in [-0.05, 0) is 59.9 Å². The van der Waals surface area contributed by atoms with Crippen molar-refractivity contribution >= 4 is 15.9 Å². The Kier molecular flexibility index (Phi) is 4.09. The second kappa shape index (κ2) is 5.40. The van der Waals surface area contributed by atoms with E-state index in [-0.39, 0.29) is 10.4 Å². The lowest BCUT2D eigenvalue weighted by atomic mass is 9.89. The van der Waals surface area contributed by atoms with E-state index in [9.17, 15) is 13.2 Å². The molecule has 1 nitrogen and oxygen atoms in total. The van der Waals surface area contributed by atoms with Crippen molar-refractivity contribution in [2.45, 2.75) is 19.0 Å². The van der Waals surface area contributed by atoms with Crippen molar-refractivity contribution in [1.82, 2.24) is 5.32 Å². The van der Waals surface area contributed by atoms with Crippen molar-refractivity contribution in [2.24, 2.45) is 5.92 Å². The fraction of sp³-hybridized carbons (Fsp3) is 0.500. The van der Waals surface area contributed by atoms with Crippen LogP contribution in [0.1, 0.15) is 24.6 Å². The highest BCUT2D eigenvalue weighted by atomic mass is 79.9. The third kappa shape index (κ3) is 2.65. The molecule has 17 heavy (non-hydrogen) atoms. The van der Waals surface area contributed by atoms with Gasteiger partial charge in [-0.2, -0.15) is 0 Å². The highest BCUT2D eigenvalue weighted by molar-refractivity contribution is 9.10. The van der Waals surface area contributed by atoms with E-state index in [4.69, 9.17) is 0 Å². The van der Waals surface area contributed by atoms with Gasteiger partial charge in [0.25, 0.3) is 0 Å². The van der Waals surface area contributed by atoms with Crippen LogP contribution in [0.25, 0.3) is 0 Å². The summed E-state index contributed by atoms with van der Waals surface area (Å²) in [4.78, 5) is 0. The Morgan fingerprint density at radius 2 is 1.88 bits per heavy atom. The van der Waals surface area contributed by atoms with Gasteiger partial charge in [-0.25, -0.2) is 13.2 Å². The smallest absolute Gasteiger partial charge is 0.146 e. The summed E-state index contributed by atoms with van der Waals surface area (Å²) in [7, 11) is 0. The zero-order chi connectivity index (χ0) is 12.4. The first kappa shape index (κ1) is 12.9. The van der Waals surface area contributed by atoms with Gasteiger partial charge in [-0.1, -0.05) is 0 Å². The lowest BCUT2D eigenvalue weighted by Crippen LogP contribution is -2.30. The van der Waals surface area contributed by atoms with Gasteiger partial charge in [-0.3, -0.25) is 0 Å². The fourth-order valence-electron chi connectivity index (χ4n) is 2.17. The Hall–Kier alpha value is -0.550. The van der Waals surface area contributed by atoms with Crippen LogP contribution in [-0.2, 0) is 0 Å². The Balaban J connectivity index is 2.29. The molecule has 1 N–H and O–H groups in total. The second-order valence-corrected chi connectivity index (χ2v) is 5.10. The molecule has 0 bridgehead atoms. The number of hydrogen-bond acceptors (Lipinski definition) is 1. The van der Waals surface area contributed by atoms with E-state index in [1.54, 1.807) is 0 Å². The molecule has 1 atom stereocenters. The first-order valence-electron chi connectivity index (χ1n) is 5.59. The standard InChI is InChI=1S/C12H13BrF3N/c13-8-1-2-9(14)10(12(8)16)11(15)7-3-5-17-6-4-7/h1-2,7,11,17H,3-6H2. The van der Waals surface area contributed by atoms with Gasteiger partial charge in [0.2, 0.25) is 0 Å². The quantitative estimate of drug-likeness (QED) is 0.821. The molecule has 1 heterocycles. The van der Waals surface area contributed by atoms with Crippen molar-refractivity contribution in [3.8, 4) is 0 Å². The molecule has 0 saturated carbocycles. The summed E-state index contributed by atoms with van der Waals surface area (Å²) < 4.78 is 41.5. The normalized spacial score (nSPS) is 19.3. The molecule has 0 aliphatic carbocycles. The molecule has 2 rings (SSSR count). The van der Waals surface area contributed by atoms with Gasteiger partial charge in [0, 0.05) is 0 Å². The van der Waals surface area contributed by atoms with Crippen LogP contribution in [0.4, 0.5) is 13.2 Å². The van der Waals surface area contributed by atoms with E-state index in [2.05, 4.69) is 21.2 Å². The maximum absolute atomic E-state index is 14.2. The molecular formula is C12H13BrF3N. The van der Waals surface area contributed by atoms with Crippen molar-refractivity contribution in [1.29, 1.82) is 0 Å². The number of benzene rings is 1. The zero-order valence-corrected chi connectivity index (χ0v) is 10.7. The van der Waals surface area contributed by atoms with Crippen LogP contribution in [0, 0.1) is 17.6 Å². The maximum atomic E-state index is 14.2. The number of nitrogens with one attached hydrogen (secondary N) is 1. The van der Waals surface area contributed by atoms with Gasteiger partial charge < -0.3 is 5.32 Å². The minimum absolute atomic E-state index is 0.102. The highest BCUT2D eigenvalue weighted by Gasteiger charge is 2.30. The summed E-state index contributed by atoms with van der Waals surface area (Å²) >= 11 is 2.95. The highest BCUT2D eigenvalue weighted by Crippen LogP contribution is 2.36. The van der Waals surface area contributed by atoms with Crippen LogP contribution < -0.4 is 5.32 Å². The van der Waals surface area contributed by atoms with Crippen molar-refractivity contribution in [2.75, 3.05) is 13.1 Å². The van der Waals surface area contributed by atoms with E-state index >= 15 is 0 Å². The molecule has 0 radical (unpaired) electrons. The topological polar surface area (TPSA) is 12.0 Å². The number of hydrogen-bond donors (Lipinski definition) is 1. The zero-order valence-electron chi connectivity index (χ0n) is 9.15. The average molecular weight is 308 g/mol. The van der Waals surface area contributed by atoms with Gasteiger partial charge in [-0.15, -0.1) is 0 Å². The Morgan fingerprint density at radius 1 is 1.24 bits per heavy atom. The summed E-state index contributed by atoms with van der Waals surface area (Å²) in [6.07, 6.45) is -0.367. The Bertz CT molecular complexity index is 405. The maximum Gasteiger partial charge on any atom is 0.146 e. The lowest BCUT2D eigenvalue weighted by Gasteiger charge is -2.26. The fourth-order valence-corrected chi connectivity index (χ4v) is 2.51. The first-order chi connectivity index (χ1) is 8.11. The summed E-state index contributed by atoms with van der Waals surface area (Å²) in [5, 5.41) is 3.10. The molecule has 1 unspecified atom stereocenters. The summed E-state index contributed by atoms with van der Waals surface area (Å²) in [5.74, 6) is -1.94. The van der Waals surface area contributed by atoms with Crippen LogP contribution in [0.2, 0.25) is 0 Å². The number of alkyl halides is 1. The average Bonchev–Trinajstić information content (AvgIpc) is 2.35. The molecule has 1 saturated heterocycles. The van der Waals surface area contributed by atoms with Crippen molar-refractivity contribution in [3.05, 3.63) is 33.8 Å². The Morgan fingerprint density at radius 3 is 2.53 bits per heavy atom. The largest absolute Gasteiger partial charge is 0.317 e. The van der Waals surface area contributed by atoms with Gasteiger partial charge in [0.05, 0.1) is 10.0 Å². The van der Waals surface area contributed by atoms with E-state index in [1.807, 2.05) is 0 Å². The predicted molar refractivity (Wildman–Crippen MR) is 63.5 cm³/mol. The summed E-state index contributed by atoms with van der Waals surface area (Å²) in [5.41, 5.74) is -0.439. The molecule has 1 aromatic carbocycles. The van der Waals surface area contributed by atoms with Crippen LogP contribution in [-0.4, -0.2) is 13.1 Å². The van der Waals surface area contributed by atoms with Gasteiger partial charge in [0.15, 0.2) is 0 Å². The summed E-state index contributed by atoms with van der Waals surface area (Å²) in [6, 6.07) is 2.35. The molecule has 1 aromatic rings. The van der Waals surface area contributed by atoms with Crippen LogP contribution in [0.15, 0.2) is 16.6 Å². The summed E-state index contributed by atoms with van der Waals surface area (Å²) in [6.45, 7) is 1.39. The van der Waals surface area contributed by atoms with E-state index in [0.29, 0.717) is 25.9 Å². The minimum Gasteiger partial charge on any atom is -0.317 e. The molecule has 94 valence electrons. The monoisotopic (exact) mass is 307 g/mol. The van der Waals surface area contributed by atoms with Crippen LogP contribution in [0.5, 0.6) is 0 Å². The Labute approximate surface area is 107 Å². The molecule has 1 aliphatic rings. The van der Waals surface area contributed by atoms with Gasteiger partial charge >= 0.3 is 0 Å². The first-order valence-corrected chi connectivity index (χ1v) is 6.38. The predicted octanol–water partition coefficient (Wildman–Crippen LogP) is 3.74. The van der Waals surface area contributed by atoms with E-state index in [1.165, 1.54) is 6.07 Å².